The molecular formula is C29H31N3O3. The van der Waals surface area contributed by atoms with Gasteiger partial charge >= 0.3 is 0 Å². The number of likely N-dealkylation sites (N-methyl/N-ethyl adjacent to an activating group) is 1. The summed E-state index contributed by atoms with van der Waals surface area (Å²) >= 11 is 0. The van der Waals surface area contributed by atoms with Crippen molar-refractivity contribution in [2.75, 3.05) is 18.5 Å². The molecule has 2 aliphatic rings. The zero-order valence-electron chi connectivity index (χ0n) is 20.1. The highest BCUT2D eigenvalue weighted by atomic mass is 16.3. The third kappa shape index (κ3) is 4.03. The number of fused-ring (bicyclic) bond motifs is 3. The average Bonchev–Trinajstić information content (AvgIpc) is 3.41. The lowest BCUT2D eigenvalue weighted by atomic mass is 9.88. The van der Waals surface area contributed by atoms with E-state index in [1.165, 1.54) is 0 Å². The number of nitrogens with one attached hydrogen (secondary N) is 1. The van der Waals surface area contributed by atoms with E-state index in [1.807, 2.05) is 85.2 Å². The van der Waals surface area contributed by atoms with Gasteiger partial charge in [-0.3, -0.25) is 14.5 Å². The highest BCUT2D eigenvalue weighted by Gasteiger charge is 2.55. The first-order chi connectivity index (χ1) is 17.1. The van der Waals surface area contributed by atoms with Crippen molar-refractivity contribution in [2.45, 2.75) is 32.5 Å². The highest BCUT2D eigenvalue weighted by molar-refractivity contribution is 5.95. The molecule has 1 amide bonds. The Bertz CT molecular complexity index is 1300. The highest BCUT2D eigenvalue weighted by Crippen LogP contribution is 2.49. The average molecular weight is 470 g/mol. The quantitative estimate of drug-likeness (QED) is 0.568. The Morgan fingerprint density at radius 1 is 1.06 bits per heavy atom. The van der Waals surface area contributed by atoms with Gasteiger partial charge in [-0.05, 0) is 48.9 Å². The molecule has 3 heterocycles. The lowest BCUT2D eigenvalue weighted by Crippen LogP contribution is -2.45. The minimum atomic E-state index is -0.465. The van der Waals surface area contributed by atoms with Crippen LogP contribution in [-0.2, 0) is 11.3 Å². The zero-order valence-corrected chi connectivity index (χ0v) is 20.1. The molecule has 1 saturated heterocycles. The molecule has 2 aromatic carbocycles. The Hall–Kier alpha value is -3.48. The van der Waals surface area contributed by atoms with E-state index in [1.54, 1.807) is 0 Å². The second kappa shape index (κ2) is 9.64. The first kappa shape index (κ1) is 23.3. The van der Waals surface area contributed by atoms with Crippen molar-refractivity contribution in [1.82, 2.24) is 9.47 Å². The minimum absolute atomic E-state index is 0.00436. The molecule has 1 aromatic heterocycles. The van der Waals surface area contributed by atoms with E-state index in [2.05, 4.69) is 22.3 Å². The fourth-order valence-corrected chi connectivity index (χ4v) is 5.90. The van der Waals surface area contributed by atoms with Crippen molar-refractivity contribution in [1.29, 1.82) is 0 Å². The van der Waals surface area contributed by atoms with Crippen LogP contribution in [0.15, 0.2) is 77.6 Å². The monoisotopic (exact) mass is 469 g/mol. The first-order valence-electron chi connectivity index (χ1n) is 12.3. The topological polar surface area (TPSA) is 74.6 Å². The summed E-state index contributed by atoms with van der Waals surface area (Å²) in [5, 5.41) is 13.4. The zero-order chi connectivity index (χ0) is 24.5. The van der Waals surface area contributed by atoms with E-state index < -0.39 is 6.04 Å². The maximum absolute atomic E-state index is 13.5. The molecule has 0 radical (unpaired) electrons. The van der Waals surface area contributed by atoms with Crippen LogP contribution in [0.5, 0.6) is 0 Å². The van der Waals surface area contributed by atoms with Gasteiger partial charge in [0.25, 0.3) is 5.56 Å². The SMILES string of the molecule is C/C=C/c1ccc2n(c1=O)C[C@@H]1[C@@H](CO)[C@H](C(=O)Nc3ccc(-c4ccccc4)cc3)N(CC)[C@H]21. The summed E-state index contributed by atoms with van der Waals surface area (Å²) in [5.41, 5.74) is 4.51. The van der Waals surface area contributed by atoms with E-state index in [9.17, 15) is 14.7 Å². The third-order valence-corrected chi connectivity index (χ3v) is 7.46. The van der Waals surface area contributed by atoms with Gasteiger partial charge in [0.1, 0.15) is 0 Å². The molecule has 0 bridgehead atoms. The Labute approximate surface area is 205 Å². The number of nitrogens with zero attached hydrogens (tertiary/aromatic N) is 2. The number of carbonyl (C=O) groups is 1. The maximum Gasteiger partial charge on any atom is 0.258 e. The minimum Gasteiger partial charge on any atom is -0.396 e. The smallest absolute Gasteiger partial charge is 0.258 e. The van der Waals surface area contributed by atoms with Crippen LogP contribution in [0.3, 0.4) is 0 Å². The van der Waals surface area contributed by atoms with E-state index in [4.69, 9.17) is 0 Å². The molecule has 0 aliphatic carbocycles. The van der Waals surface area contributed by atoms with Gasteiger partial charge in [0, 0.05) is 41.9 Å². The molecule has 2 aliphatic heterocycles. The number of aliphatic hydroxyl groups excluding tert-OH is 1. The first-order valence-corrected chi connectivity index (χ1v) is 12.3. The van der Waals surface area contributed by atoms with Gasteiger partial charge in [-0.15, -0.1) is 0 Å². The van der Waals surface area contributed by atoms with Crippen molar-refractivity contribution >= 4 is 17.7 Å². The summed E-state index contributed by atoms with van der Waals surface area (Å²) in [6, 6.07) is 21.3. The number of allylic oxidation sites excluding steroid dienone is 1. The number of rotatable bonds is 6. The van der Waals surface area contributed by atoms with Crippen molar-refractivity contribution in [2.24, 2.45) is 11.8 Å². The Morgan fingerprint density at radius 2 is 1.77 bits per heavy atom. The predicted octanol–water partition coefficient (Wildman–Crippen LogP) is 4.17. The summed E-state index contributed by atoms with van der Waals surface area (Å²) < 4.78 is 1.83. The van der Waals surface area contributed by atoms with E-state index >= 15 is 0 Å². The number of pyridine rings is 1. The van der Waals surface area contributed by atoms with Gasteiger partial charge in [0.2, 0.25) is 5.91 Å². The maximum atomic E-state index is 13.5. The van der Waals surface area contributed by atoms with Crippen LogP contribution in [0.1, 0.15) is 31.1 Å². The second-order valence-electron chi connectivity index (χ2n) is 9.29. The molecule has 4 atom stereocenters. The largest absolute Gasteiger partial charge is 0.396 e. The van der Waals surface area contributed by atoms with Crippen molar-refractivity contribution in [3.63, 3.8) is 0 Å². The molecule has 180 valence electrons. The van der Waals surface area contributed by atoms with E-state index in [-0.39, 0.29) is 36.0 Å². The van der Waals surface area contributed by atoms with Crippen LogP contribution in [0.25, 0.3) is 17.2 Å². The number of amides is 1. The molecule has 0 spiro atoms. The number of carbonyl (C=O) groups excluding carboxylic acids is 1. The number of anilines is 1. The third-order valence-electron chi connectivity index (χ3n) is 7.46. The van der Waals surface area contributed by atoms with Crippen LogP contribution in [0, 0.1) is 11.8 Å². The van der Waals surface area contributed by atoms with Crippen LogP contribution >= 0.6 is 0 Å². The molecule has 35 heavy (non-hydrogen) atoms. The lowest BCUT2D eigenvalue weighted by Gasteiger charge is -2.29. The van der Waals surface area contributed by atoms with Gasteiger partial charge in [-0.25, -0.2) is 0 Å². The lowest BCUT2D eigenvalue weighted by molar-refractivity contribution is -0.122. The standard InChI is InChI=1S/C29H31N3O3/c1-3-8-21-13-16-25-26-23(17-32(25)29(21)35)24(18-33)27(31(26)4-2)28(34)30-22-14-11-20(12-15-22)19-9-6-5-7-10-19/h3,5-16,23-24,26-27,33H,4,17-18H2,1-2H3,(H,30,34)/b8-3+/t23-,24-,26+,27-/m1/s1. The van der Waals surface area contributed by atoms with Gasteiger partial charge in [0.15, 0.2) is 0 Å². The number of aromatic nitrogens is 1. The predicted molar refractivity (Wildman–Crippen MR) is 139 cm³/mol. The molecular weight excluding hydrogens is 438 g/mol. The number of hydrogen-bond donors (Lipinski definition) is 2. The summed E-state index contributed by atoms with van der Waals surface area (Å²) in [4.78, 5) is 28.7. The van der Waals surface area contributed by atoms with Crippen molar-refractivity contribution in [3.05, 3.63) is 94.4 Å². The number of benzene rings is 2. The number of aliphatic hydroxyl groups is 1. The molecule has 0 unspecified atom stereocenters. The summed E-state index contributed by atoms with van der Waals surface area (Å²) in [5.74, 6) is -0.370. The molecule has 2 N–H and O–H groups in total. The van der Waals surface area contributed by atoms with Crippen molar-refractivity contribution < 1.29 is 9.90 Å². The summed E-state index contributed by atoms with van der Waals surface area (Å²) in [6.45, 7) is 4.98. The molecule has 1 fully saturated rings. The van der Waals surface area contributed by atoms with Crippen molar-refractivity contribution in [3.8, 4) is 11.1 Å². The Morgan fingerprint density at radius 3 is 2.43 bits per heavy atom. The molecule has 6 heteroatoms. The van der Waals surface area contributed by atoms with Gasteiger partial charge in [-0.2, -0.15) is 0 Å². The fraction of sp³-hybridized carbons (Fsp3) is 0.310. The molecule has 3 aromatic rings. The molecule has 6 nitrogen and oxygen atoms in total. The number of hydrogen-bond acceptors (Lipinski definition) is 4. The van der Waals surface area contributed by atoms with Crippen LogP contribution < -0.4 is 10.9 Å². The fourth-order valence-electron chi connectivity index (χ4n) is 5.90. The summed E-state index contributed by atoms with van der Waals surface area (Å²) in [7, 11) is 0. The summed E-state index contributed by atoms with van der Waals surface area (Å²) in [6.07, 6.45) is 3.69. The van der Waals surface area contributed by atoms with Gasteiger partial charge in [0.05, 0.1) is 12.1 Å². The molecule has 0 saturated carbocycles. The Kier molecular flexibility index (Phi) is 6.41. The van der Waals surface area contributed by atoms with E-state index in [0.717, 1.165) is 22.5 Å². The van der Waals surface area contributed by atoms with Gasteiger partial charge in [-0.1, -0.05) is 61.5 Å². The number of likely N-dealkylation sites (tertiary alicyclic amines) is 1. The Balaban J connectivity index is 1.40. The second-order valence-corrected chi connectivity index (χ2v) is 9.29. The molecule has 5 rings (SSSR count). The van der Waals surface area contributed by atoms with Gasteiger partial charge < -0.3 is 15.0 Å². The van der Waals surface area contributed by atoms with Crippen LogP contribution in [0.4, 0.5) is 5.69 Å². The van der Waals surface area contributed by atoms with E-state index in [0.29, 0.717) is 18.7 Å². The van der Waals surface area contributed by atoms with Crippen LogP contribution in [-0.4, -0.2) is 39.7 Å². The normalized spacial score (nSPS) is 23.4. The van der Waals surface area contributed by atoms with Crippen LogP contribution in [0.2, 0.25) is 0 Å².